The molecule has 28 heavy (non-hydrogen) atoms. The van der Waals surface area contributed by atoms with Crippen LogP contribution in [0.4, 0.5) is 0 Å². The van der Waals surface area contributed by atoms with E-state index in [9.17, 15) is 0 Å². The van der Waals surface area contributed by atoms with Crippen molar-refractivity contribution >= 4 is 29.9 Å². The minimum atomic E-state index is 0. The van der Waals surface area contributed by atoms with Crippen molar-refractivity contribution < 1.29 is 9.15 Å². The summed E-state index contributed by atoms with van der Waals surface area (Å²) in [5.74, 6) is 2.63. The Kier molecular flexibility index (Phi) is 10.4. The first-order valence-electron chi connectivity index (χ1n) is 9.95. The number of nitrogens with one attached hydrogen (secondary N) is 1. The van der Waals surface area contributed by atoms with Crippen molar-refractivity contribution in [1.29, 1.82) is 0 Å². The van der Waals surface area contributed by atoms with E-state index in [4.69, 9.17) is 14.1 Å². The summed E-state index contributed by atoms with van der Waals surface area (Å²) in [5, 5.41) is 3.55. The molecule has 1 aromatic heterocycles. The van der Waals surface area contributed by atoms with Crippen LogP contribution in [-0.2, 0) is 17.6 Å². The predicted octanol–water partition coefficient (Wildman–Crippen LogP) is 3.99. The van der Waals surface area contributed by atoms with Gasteiger partial charge in [-0.05, 0) is 42.9 Å². The first-order valence-corrected chi connectivity index (χ1v) is 9.95. The number of guanidine groups is 1. The molecule has 0 saturated carbocycles. The van der Waals surface area contributed by atoms with Crippen molar-refractivity contribution in [3.63, 3.8) is 0 Å². The third-order valence-corrected chi connectivity index (χ3v) is 4.97. The Labute approximate surface area is 185 Å². The van der Waals surface area contributed by atoms with E-state index in [2.05, 4.69) is 47.6 Å². The molecule has 1 fully saturated rings. The fourth-order valence-corrected chi connectivity index (χ4v) is 3.40. The highest BCUT2D eigenvalue weighted by atomic mass is 127. The van der Waals surface area contributed by atoms with Crippen LogP contribution < -0.4 is 5.32 Å². The van der Waals surface area contributed by atoms with Gasteiger partial charge in [-0.2, -0.15) is 0 Å². The van der Waals surface area contributed by atoms with E-state index in [0.717, 1.165) is 70.3 Å². The second-order valence-electron chi connectivity index (χ2n) is 7.13. The molecule has 0 aliphatic carbocycles. The van der Waals surface area contributed by atoms with Crippen LogP contribution in [0.3, 0.4) is 0 Å². The van der Waals surface area contributed by atoms with Crippen molar-refractivity contribution in [3.8, 4) is 0 Å². The van der Waals surface area contributed by atoms with Crippen LogP contribution in [0.5, 0.6) is 0 Å². The maximum absolute atomic E-state index is 5.49. The van der Waals surface area contributed by atoms with Crippen LogP contribution in [0.25, 0.3) is 0 Å². The number of ether oxygens (including phenoxy) is 1. The van der Waals surface area contributed by atoms with Crippen LogP contribution in [0.2, 0.25) is 0 Å². The fraction of sp³-hybridized carbons (Fsp3) is 0.500. The number of hydrogen-bond acceptors (Lipinski definition) is 3. The summed E-state index contributed by atoms with van der Waals surface area (Å²) in [6.07, 6.45) is 5.79. The molecule has 1 N–H and O–H groups in total. The number of rotatable bonds is 8. The SMILES string of the molecule is CN(CC1CCOCC1)C(=NCCc1ccco1)NCCc1ccccc1.I. The lowest BCUT2D eigenvalue weighted by Gasteiger charge is -2.29. The smallest absolute Gasteiger partial charge is 0.193 e. The third kappa shape index (κ3) is 7.83. The summed E-state index contributed by atoms with van der Waals surface area (Å²) in [5.41, 5.74) is 1.34. The summed E-state index contributed by atoms with van der Waals surface area (Å²) in [7, 11) is 2.14. The molecule has 0 radical (unpaired) electrons. The zero-order valence-electron chi connectivity index (χ0n) is 16.7. The largest absolute Gasteiger partial charge is 0.469 e. The van der Waals surface area contributed by atoms with Gasteiger partial charge in [0.25, 0.3) is 0 Å². The highest BCUT2D eigenvalue weighted by Gasteiger charge is 2.17. The minimum Gasteiger partial charge on any atom is -0.469 e. The van der Waals surface area contributed by atoms with E-state index in [1.165, 1.54) is 5.56 Å². The second kappa shape index (κ2) is 12.8. The van der Waals surface area contributed by atoms with Gasteiger partial charge in [0, 0.05) is 46.3 Å². The fourth-order valence-electron chi connectivity index (χ4n) is 3.40. The molecule has 2 aromatic rings. The molecule has 5 nitrogen and oxygen atoms in total. The lowest BCUT2D eigenvalue weighted by molar-refractivity contribution is 0.0610. The highest BCUT2D eigenvalue weighted by molar-refractivity contribution is 14.0. The van der Waals surface area contributed by atoms with Crippen molar-refractivity contribution in [2.75, 3.05) is 39.9 Å². The molecule has 154 valence electrons. The minimum absolute atomic E-state index is 0. The van der Waals surface area contributed by atoms with Gasteiger partial charge in [-0.25, -0.2) is 0 Å². The van der Waals surface area contributed by atoms with E-state index in [-0.39, 0.29) is 24.0 Å². The van der Waals surface area contributed by atoms with E-state index in [1.54, 1.807) is 6.26 Å². The van der Waals surface area contributed by atoms with Crippen LogP contribution in [0.1, 0.15) is 24.2 Å². The lowest BCUT2D eigenvalue weighted by atomic mass is 10.00. The Morgan fingerprint density at radius 2 is 1.89 bits per heavy atom. The molecule has 0 bridgehead atoms. The van der Waals surface area contributed by atoms with E-state index < -0.39 is 0 Å². The first kappa shape index (κ1) is 22.7. The van der Waals surface area contributed by atoms with Crippen molar-refractivity contribution in [2.24, 2.45) is 10.9 Å². The molecule has 1 aliphatic heterocycles. The molecule has 1 aliphatic rings. The van der Waals surface area contributed by atoms with Crippen LogP contribution in [0.15, 0.2) is 58.1 Å². The zero-order chi connectivity index (χ0) is 18.7. The van der Waals surface area contributed by atoms with E-state index >= 15 is 0 Å². The average Bonchev–Trinajstić information content (AvgIpc) is 3.22. The molecule has 3 rings (SSSR count). The summed E-state index contributed by atoms with van der Waals surface area (Å²) in [4.78, 5) is 7.10. The molecule has 0 spiro atoms. The van der Waals surface area contributed by atoms with Gasteiger partial charge in [-0.3, -0.25) is 4.99 Å². The van der Waals surface area contributed by atoms with Gasteiger partial charge in [0.1, 0.15) is 5.76 Å². The molecule has 1 saturated heterocycles. The number of nitrogens with zero attached hydrogens (tertiary/aromatic N) is 2. The quantitative estimate of drug-likeness (QED) is 0.341. The number of aliphatic imine (C=N–C) groups is 1. The number of hydrogen-bond donors (Lipinski definition) is 1. The van der Waals surface area contributed by atoms with Crippen LogP contribution >= 0.6 is 24.0 Å². The molecule has 0 amide bonds. The van der Waals surface area contributed by atoms with Gasteiger partial charge in [-0.15, -0.1) is 24.0 Å². The Hall–Kier alpha value is -1.54. The van der Waals surface area contributed by atoms with Crippen LogP contribution in [-0.4, -0.2) is 50.8 Å². The number of halogens is 1. The summed E-state index contributed by atoms with van der Waals surface area (Å²) in [6.45, 7) is 4.37. The summed E-state index contributed by atoms with van der Waals surface area (Å²) >= 11 is 0. The second-order valence-corrected chi connectivity index (χ2v) is 7.13. The van der Waals surface area contributed by atoms with Crippen molar-refractivity contribution in [1.82, 2.24) is 10.2 Å². The average molecular weight is 497 g/mol. The van der Waals surface area contributed by atoms with Gasteiger partial charge in [0.05, 0.1) is 6.26 Å². The Morgan fingerprint density at radius 1 is 1.11 bits per heavy atom. The topological polar surface area (TPSA) is 50.0 Å². The molecule has 0 unspecified atom stereocenters. The summed E-state index contributed by atoms with van der Waals surface area (Å²) < 4.78 is 10.9. The normalized spacial score (nSPS) is 15.1. The first-order chi connectivity index (χ1) is 13.3. The number of furan rings is 1. The highest BCUT2D eigenvalue weighted by Crippen LogP contribution is 2.15. The van der Waals surface area contributed by atoms with Gasteiger partial charge in [0.15, 0.2) is 5.96 Å². The zero-order valence-corrected chi connectivity index (χ0v) is 19.0. The maximum atomic E-state index is 5.49. The Morgan fingerprint density at radius 3 is 2.61 bits per heavy atom. The third-order valence-electron chi connectivity index (χ3n) is 4.97. The van der Waals surface area contributed by atoms with Crippen molar-refractivity contribution in [2.45, 2.75) is 25.7 Å². The number of benzene rings is 1. The van der Waals surface area contributed by atoms with Gasteiger partial charge in [0.2, 0.25) is 0 Å². The molecule has 2 heterocycles. The Balaban J connectivity index is 0.00000280. The molecule has 1 aromatic carbocycles. The molecular weight excluding hydrogens is 465 g/mol. The van der Waals surface area contributed by atoms with Crippen molar-refractivity contribution in [3.05, 3.63) is 60.1 Å². The molecule has 6 heteroatoms. The standard InChI is InChI=1S/C22H31N3O2.HI/c1-25(18-20-11-16-26-17-12-20)22(24-14-10-21-8-5-15-27-21)23-13-9-19-6-3-2-4-7-19;/h2-8,15,20H,9-14,16-18H2,1H3,(H,23,24);1H. The lowest BCUT2D eigenvalue weighted by Crippen LogP contribution is -2.43. The maximum Gasteiger partial charge on any atom is 0.193 e. The van der Waals surface area contributed by atoms with Gasteiger partial charge >= 0.3 is 0 Å². The van der Waals surface area contributed by atoms with E-state index in [1.807, 2.05) is 12.1 Å². The van der Waals surface area contributed by atoms with E-state index in [0.29, 0.717) is 5.92 Å². The monoisotopic (exact) mass is 497 g/mol. The van der Waals surface area contributed by atoms with Gasteiger partial charge in [-0.1, -0.05) is 30.3 Å². The molecular formula is C22H32IN3O2. The van der Waals surface area contributed by atoms with Gasteiger partial charge < -0.3 is 19.4 Å². The predicted molar refractivity (Wildman–Crippen MR) is 124 cm³/mol. The van der Waals surface area contributed by atoms with Crippen LogP contribution in [0, 0.1) is 5.92 Å². The summed E-state index contributed by atoms with van der Waals surface area (Å²) in [6, 6.07) is 14.5. The Bertz CT molecular complexity index is 670. The molecule has 0 atom stereocenters.